The number of ketones is 1. The summed E-state index contributed by atoms with van der Waals surface area (Å²) in [5, 5.41) is 78.3. The van der Waals surface area contributed by atoms with Gasteiger partial charge < -0.3 is 102 Å². The summed E-state index contributed by atoms with van der Waals surface area (Å²) >= 11 is 0. The lowest BCUT2D eigenvalue weighted by atomic mass is 9.43. The number of aliphatic hydroxyl groups excluding tert-OH is 5. The zero-order chi connectivity index (χ0) is 61.8. The molecule has 484 valence electrons. The first-order valence-corrected chi connectivity index (χ1v) is 30.9. The fraction of sp³-hybridized carbons (Fsp3) is 0.810. The lowest BCUT2D eigenvalue weighted by Crippen LogP contribution is -2.75. The fourth-order valence-electron chi connectivity index (χ4n) is 16.4. The van der Waals surface area contributed by atoms with Gasteiger partial charge in [0.25, 0.3) is 0 Å². The largest absolute Gasteiger partial charge is 0.458 e. The van der Waals surface area contributed by atoms with Crippen LogP contribution in [0.25, 0.3) is 6.08 Å². The molecule has 0 unspecified atom stereocenters. The van der Waals surface area contributed by atoms with Gasteiger partial charge in [0.05, 0.1) is 61.5 Å². The maximum absolute atomic E-state index is 13.6. The number of carbonyl (C=O) groups excluding carboxylic acids is 2. The van der Waals surface area contributed by atoms with Crippen molar-refractivity contribution in [3.05, 3.63) is 53.6 Å². The average molecular weight is 1220 g/mol. The second-order valence-corrected chi connectivity index (χ2v) is 26.1. The lowest BCUT2D eigenvalue weighted by molar-refractivity contribution is -0.358. The Balaban J connectivity index is 0.712. The van der Waals surface area contributed by atoms with E-state index in [-0.39, 0.29) is 44.0 Å². The van der Waals surface area contributed by atoms with Crippen LogP contribution >= 0.6 is 0 Å². The van der Waals surface area contributed by atoms with Crippen molar-refractivity contribution in [3.63, 3.8) is 0 Å². The molecule has 1 aromatic rings. The van der Waals surface area contributed by atoms with E-state index in [1.807, 2.05) is 51.1 Å². The van der Waals surface area contributed by atoms with E-state index in [4.69, 9.17) is 66.3 Å². The Morgan fingerprint density at radius 2 is 1.19 bits per heavy atom. The van der Waals surface area contributed by atoms with Crippen LogP contribution in [0.5, 0.6) is 0 Å². The standard InChI is InChI=1S/C63H94O23/c1-31(65)39-20-23-63(72)61(39,7)46(82-47(67)17-16-36-14-12-11-13-15-36)29-45-60(6)21-19-38(24-37(60)18-22-62(45,63)71)80-49-26-41(73-8)57(33(3)77-49)85-51-27-42(74-9)56(34(4)78-51)84-48-25-40(66)55(32(2)76-48)83-50-28-43(75-10)58(35(5)79-50)86-59-54(70)53(69)52(68)44(30-64)81-59/h11-18,32-35,38-46,48-59,64,66,68-72H,19-30H2,1-10H3/t32-,33-,34-,35-,38+,39+,40+,41+,42+,43-,44-,45-,46-,48+,49+,50+,51+,52-,53+,54-,55-,56-,57-,58-,59+,60+,61+,62+,63-/m1/s1. The number of rotatable bonds is 18. The topological polar surface area (TPSA) is 305 Å². The number of esters is 1. The van der Waals surface area contributed by atoms with Crippen LogP contribution in [0.4, 0.5) is 0 Å². The molecule has 86 heavy (non-hydrogen) atoms. The van der Waals surface area contributed by atoms with E-state index < -0.39 is 182 Å². The fourth-order valence-corrected chi connectivity index (χ4v) is 16.4. The van der Waals surface area contributed by atoms with Crippen LogP contribution in [-0.2, 0) is 75.9 Å². The number of hydrogen-bond acceptors (Lipinski definition) is 23. The molecule has 5 heterocycles. The number of fused-ring (bicyclic) bond motifs is 5. The molecule has 0 radical (unpaired) electrons. The molecule has 0 bridgehead atoms. The van der Waals surface area contributed by atoms with Crippen molar-refractivity contribution in [2.45, 2.75) is 272 Å². The first kappa shape index (κ1) is 66.0. The van der Waals surface area contributed by atoms with Crippen LogP contribution in [0.2, 0.25) is 0 Å². The zero-order valence-electron chi connectivity index (χ0n) is 51.2. The molecule has 23 nitrogen and oxygen atoms in total. The average Bonchev–Trinajstić information content (AvgIpc) is 1.30. The number of Topliss-reactive ketones (excluding diaryl/α,β-unsaturated/α-hetero) is 1. The molecule has 9 aliphatic rings. The van der Waals surface area contributed by atoms with Crippen molar-refractivity contribution in [1.29, 1.82) is 0 Å². The van der Waals surface area contributed by atoms with Gasteiger partial charge in [-0.2, -0.15) is 0 Å². The van der Waals surface area contributed by atoms with Crippen LogP contribution in [-0.4, -0.2) is 228 Å². The van der Waals surface area contributed by atoms with Crippen LogP contribution in [0.15, 0.2) is 48.1 Å². The normalized spacial score (nSPS) is 48.8. The Bertz CT molecular complexity index is 2510. The molecule has 0 spiro atoms. The number of carbonyl (C=O) groups is 2. The third-order valence-electron chi connectivity index (χ3n) is 21.2. The summed E-state index contributed by atoms with van der Waals surface area (Å²) in [7, 11) is 4.71. The smallest absolute Gasteiger partial charge is 0.331 e. The molecule has 0 amide bonds. The number of aliphatic hydroxyl groups is 7. The molecule has 8 fully saturated rings. The molecular weight excluding hydrogens is 1120 g/mol. The summed E-state index contributed by atoms with van der Waals surface area (Å²) in [5.41, 5.74) is -3.13. The Kier molecular flexibility index (Phi) is 20.5. The van der Waals surface area contributed by atoms with E-state index in [0.29, 0.717) is 38.5 Å². The van der Waals surface area contributed by atoms with Crippen LogP contribution in [0, 0.1) is 22.7 Å². The Hall–Kier alpha value is -2.96. The SMILES string of the molecule is CO[C@H]1C[C@H](O[C@H]2CC[C@@]3(C)C(=CC[C@]4(O)[C@@H]3C[C@@H](OC(=O)C=Cc3ccccc3)[C@]3(C)[C@H](C(C)=O)CC[C@@]34O)C2)O[C@H](C)[C@H]1O[C@H]1C[C@H](OC)[C@H](O[C@H]2C[C@H](O)[C@H](O[C@H]3C[C@@H](OC)[C@H](O[C@@H]4O[C@H](CO)[C@@H](O)[C@H](O)[C@H]4O)[C@@H](C)O3)[C@@H](C)O2)[C@@H](C)O1. The van der Waals surface area contributed by atoms with E-state index in [2.05, 4.69) is 13.0 Å². The predicted molar refractivity (Wildman–Crippen MR) is 302 cm³/mol. The minimum atomic E-state index is -1.71. The highest BCUT2D eigenvalue weighted by Crippen LogP contribution is 2.70. The summed E-state index contributed by atoms with van der Waals surface area (Å²) in [4.78, 5) is 26.9. The van der Waals surface area contributed by atoms with Gasteiger partial charge in [0.1, 0.15) is 71.9 Å². The molecule has 1 aromatic carbocycles. The number of benzene rings is 1. The highest BCUT2D eigenvalue weighted by Gasteiger charge is 2.77. The second kappa shape index (κ2) is 26.7. The summed E-state index contributed by atoms with van der Waals surface area (Å²) in [6.45, 7) is 12.1. The minimum Gasteiger partial charge on any atom is -0.458 e. The molecule has 10 rings (SSSR count). The van der Waals surface area contributed by atoms with Gasteiger partial charge in [-0.05, 0) is 96.6 Å². The summed E-state index contributed by atoms with van der Waals surface area (Å²) in [6.07, 6.45) is -10.2. The van der Waals surface area contributed by atoms with Gasteiger partial charge in [0.15, 0.2) is 31.5 Å². The summed E-state index contributed by atoms with van der Waals surface area (Å²) in [6, 6.07) is 9.42. The van der Waals surface area contributed by atoms with Gasteiger partial charge in [-0.3, -0.25) is 4.79 Å². The predicted octanol–water partition coefficient (Wildman–Crippen LogP) is 3.29. The van der Waals surface area contributed by atoms with Crippen LogP contribution < -0.4 is 0 Å². The van der Waals surface area contributed by atoms with Crippen LogP contribution in [0.3, 0.4) is 0 Å². The minimum absolute atomic E-state index is 0.0611. The van der Waals surface area contributed by atoms with Crippen molar-refractivity contribution < 1.29 is 112 Å². The molecule has 0 aromatic heterocycles. The monoisotopic (exact) mass is 1220 g/mol. The zero-order valence-corrected chi connectivity index (χ0v) is 51.2. The quantitative estimate of drug-likeness (QED) is 0.0630. The maximum atomic E-state index is 13.6. The highest BCUT2D eigenvalue weighted by atomic mass is 16.8. The molecule has 5 aliphatic heterocycles. The van der Waals surface area contributed by atoms with Gasteiger partial charge in [-0.15, -0.1) is 0 Å². The number of hydrogen-bond donors (Lipinski definition) is 7. The van der Waals surface area contributed by atoms with Crippen molar-refractivity contribution in [2.24, 2.45) is 22.7 Å². The van der Waals surface area contributed by atoms with Gasteiger partial charge in [0.2, 0.25) is 0 Å². The lowest BCUT2D eigenvalue weighted by Gasteiger charge is -2.66. The molecule has 4 aliphatic carbocycles. The van der Waals surface area contributed by atoms with Gasteiger partial charge in [0, 0.05) is 70.3 Å². The van der Waals surface area contributed by atoms with E-state index in [1.54, 1.807) is 34.1 Å². The summed E-state index contributed by atoms with van der Waals surface area (Å²) in [5.74, 6) is -1.76. The van der Waals surface area contributed by atoms with Crippen molar-refractivity contribution >= 4 is 17.8 Å². The molecular formula is C63H94O23. The number of ether oxygens (including phenoxy) is 14. The summed E-state index contributed by atoms with van der Waals surface area (Å²) < 4.78 is 87.6. The van der Waals surface area contributed by atoms with Crippen LogP contribution in [0.1, 0.15) is 125 Å². The third-order valence-corrected chi connectivity index (χ3v) is 21.2. The Labute approximate surface area is 503 Å². The van der Waals surface area contributed by atoms with E-state index >= 15 is 0 Å². The Morgan fingerprint density at radius 1 is 0.651 bits per heavy atom. The van der Waals surface area contributed by atoms with E-state index in [1.165, 1.54) is 20.1 Å². The van der Waals surface area contributed by atoms with Crippen molar-refractivity contribution in [1.82, 2.24) is 0 Å². The molecule has 29 atom stereocenters. The molecule has 5 saturated heterocycles. The number of methoxy groups -OCH3 is 3. The van der Waals surface area contributed by atoms with Gasteiger partial charge in [-0.25, -0.2) is 4.79 Å². The van der Waals surface area contributed by atoms with Crippen molar-refractivity contribution in [3.8, 4) is 0 Å². The maximum Gasteiger partial charge on any atom is 0.331 e. The van der Waals surface area contributed by atoms with Gasteiger partial charge in [-0.1, -0.05) is 55.8 Å². The molecule has 23 heteroatoms. The first-order chi connectivity index (χ1) is 40.9. The molecule has 3 saturated carbocycles. The second-order valence-electron chi connectivity index (χ2n) is 26.1. The first-order valence-electron chi connectivity index (χ1n) is 30.9. The third kappa shape index (κ3) is 12.5. The van der Waals surface area contributed by atoms with E-state index in [0.717, 1.165) is 11.1 Å². The molecule has 7 N–H and O–H groups in total. The van der Waals surface area contributed by atoms with Gasteiger partial charge >= 0.3 is 5.97 Å². The van der Waals surface area contributed by atoms with E-state index in [9.17, 15) is 45.3 Å². The van der Waals surface area contributed by atoms with Crippen molar-refractivity contribution in [2.75, 3.05) is 27.9 Å². The Morgan fingerprint density at radius 3 is 1.73 bits per heavy atom. The highest BCUT2D eigenvalue weighted by molar-refractivity contribution is 5.87.